The molecule has 20 heterocycles. The summed E-state index contributed by atoms with van der Waals surface area (Å²) in [6, 6.07) is 26.6. The minimum absolute atomic E-state index is 0.000430. The number of anilines is 5. The third-order valence-corrected chi connectivity index (χ3v) is 24.7. The van der Waals surface area contributed by atoms with Crippen molar-refractivity contribution in [3.63, 3.8) is 0 Å². The quantitative estimate of drug-likeness (QED) is 0.0316. The van der Waals surface area contributed by atoms with Gasteiger partial charge in [0.05, 0.1) is 101 Å². The van der Waals surface area contributed by atoms with E-state index in [-0.39, 0.29) is 91.8 Å². The molecule has 0 bridgehead atoms. The summed E-state index contributed by atoms with van der Waals surface area (Å²) in [5.41, 5.74) is 19.2. The Bertz CT molecular complexity index is 6950. The average Bonchev–Trinajstić information content (AvgIpc) is 1.54. The zero-order chi connectivity index (χ0) is 94.4. The van der Waals surface area contributed by atoms with Gasteiger partial charge in [0.25, 0.3) is 0 Å². The molecule has 0 spiro atoms. The molecule has 690 valence electrons. The fraction of sp³-hybridized carbons (Fsp3) is 0.320. The topological polar surface area (TPSA) is 411 Å². The first-order valence-electron chi connectivity index (χ1n) is 45.8. The Morgan fingerprint density at radius 2 is 0.713 bits per heavy atom. The number of nitrogens with zero attached hydrogens (tertiary/aromatic N) is 16. The predicted molar refractivity (Wildman–Crippen MR) is 529 cm³/mol. The highest BCUT2D eigenvalue weighted by atomic mass is 16.5. The van der Waals surface area contributed by atoms with Gasteiger partial charge >= 0.3 is 0 Å². The van der Waals surface area contributed by atoms with E-state index in [9.17, 15) is 24.0 Å². The van der Waals surface area contributed by atoms with E-state index in [1.807, 2.05) is 179 Å². The maximum atomic E-state index is 12.2. The summed E-state index contributed by atoms with van der Waals surface area (Å²) in [4.78, 5) is 134. The van der Waals surface area contributed by atoms with Crippen LogP contribution in [0.2, 0.25) is 0 Å². The van der Waals surface area contributed by atoms with Crippen molar-refractivity contribution in [2.45, 2.75) is 147 Å². The van der Waals surface area contributed by atoms with Crippen molar-refractivity contribution in [1.82, 2.24) is 109 Å². The molecular formula is C103H107N27O6. The number of pyridine rings is 8. The predicted octanol–water partition coefficient (Wildman–Crippen LogP) is 14.5. The second kappa shape index (κ2) is 44.1. The number of likely N-dealkylation sites (tertiary alicyclic amines) is 5. The first-order valence-corrected chi connectivity index (χ1v) is 45.8. The molecular weight excluding hydrogens is 1710 g/mol. The van der Waals surface area contributed by atoms with Gasteiger partial charge in [0.1, 0.15) is 28.2 Å². The number of aromatic amines is 6. The molecule has 0 saturated carbocycles. The van der Waals surface area contributed by atoms with Crippen molar-refractivity contribution in [3.8, 4) is 118 Å². The van der Waals surface area contributed by atoms with Gasteiger partial charge in [-0.1, -0.05) is 53.0 Å². The standard InChI is InChI=1S/2C22H23N5O.C21H21N5O.C19H20N6O2.C19H20N6O/c1-3-6-20(28)27-12-5-8-16(14-27)26-21-17-10-11-23-22(17)24-13-18(21)19-9-4-7-15(2)25-19;1-3-5-20(28)27-11-4-6-16(14-27)26-21-17-9-10-23-22(17)25-13-18(21)19-8-7-15(2)12-24-19;1-2-6-19(27)26-12-5-7-15(14-26)25-20-16-9-11-23-21(16)24-13-17(20)18-8-3-4-10-22-18;1-3-5-16(26)25-9-4-6-13(11-25)23-17-14-7-8-20-18(14)21-10-15(17)19-22-12(2)27-24-19;1-2-4-17(26)25-8-3-5-13(11-25)24-18-14-6-7-21-19(14)22-9-15(18)16-10-20-12-23-16/h1,4,7,9-11,13,16H,5-6,8,12,14H2,2H3,(H2,23,24,26);1,7-10,12-13,16H,4-6,11,14H2,2H3,(H2,23,25,26);1,3-4,8-11,13,15H,5-7,12,14H2,(H2,23,24,25);1,7-8,10,13H,4-6,9,11H2,2H3,(H2,20,21,23);1,6-7,9-10,12-13H,3-5,8,11H2,(H,20,23)(H2,21,22,24)/t2*16-;15-;2*13-/m11111/s1. The fourth-order valence-corrected chi connectivity index (χ4v) is 18.1. The van der Waals surface area contributed by atoms with Crippen molar-refractivity contribution in [1.29, 1.82) is 0 Å². The van der Waals surface area contributed by atoms with E-state index in [2.05, 4.69) is 141 Å². The molecule has 15 aromatic heterocycles. The lowest BCUT2D eigenvalue weighted by Crippen LogP contribution is -2.45. The van der Waals surface area contributed by atoms with Crippen LogP contribution in [0, 0.1) is 82.5 Å². The highest BCUT2D eigenvalue weighted by Gasteiger charge is 2.32. The van der Waals surface area contributed by atoms with E-state index >= 15 is 0 Å². The van der Waals surface area contributed by atoms with Crippen LogP contribution in [0.4, 0.5) is 28.4 Å². The Morgan fingerprint density at radius 1 is 0.368 bits per heavy atom. The van der Waals surface area contributed by atoms with Crippen molar-refractivity contribution in [2.24, 2.45) is 0 Å². The van der Waals surface area contributed by atoms with E-state index in [1.165, 1.54) is 0 Å². The zero-order valence-corrected chi connectivity index (χ0v) is 76.1. The van der Waals surface area contributed by atoms with Gasteiger partial charge in [0, 0.05) is 232 Å². The van der Waals surface area contributed by atoms with Crippen LogP contribution in [0.15, 0.2) is 170 Å². The number of aryl methyl sites for hydroxylation is 3. The summed E-state index contributed by atoms with van der Waals surface area (Å²) in [6.45, 7) is 12.8. The Morgan fingerprint density at radius 3 is 1.04 bits per heavy atom. The molecule has 0 unspecified atom stereocenters. The van der Waals surface area contributed by atoms with Crippen molar-refractivity contribution >= 4 is 113 Å². The van der Waals surface area contributed by atoms with Crippen LogP contribution in [-0.4, -0.2) is 235 Å². The SMILES string of the molecule is C#CCC(=O)N1CCC[C@@H](Nc2c(-c3ccc(C)cn3)cnc3[nH]ccc23)C1.C#CCC(=O)N1CCC[C@@H](Nc2c(-c3cccc(C)n3)cnc3[nH]ccc23)C1.C#CCC(=O)N1CCC[C@@H](Nc2c(-c3ccccn3)cnc3[nH]ccc23)C1.C#CCC(=O)N1CCC[C@@H](Nc2c(-c3cnc[nH]3)cnc3[nH]ccc23)C1.C#CCC(=O)N1CCC[C@@H](Nc2c(-c3noc(C)n3)cnc3[nH]ccc23)C1. The molecule has 5 aliphatic heterocycles. The number of carbonyl (C=O) groups excluding carboxylic acids is 5. The molecule has 5 amide bonds. The van der Waals surface area contributed by atoms with Crippen molar-refractivity contribution in [3.05, 3.63) is 183 Å². The lowest BCUT2D eigenvalue weighted by Gasteiger charge is -2.34. The number of carbonyl (C=O) groups is 5. The number of piperidine rings is 5. The van der Waals surface area contributed by atoms with Crippen LogP contribution < -0.4 is 26.6 Å². The molecule has 0 aliphatic carbocycles. The van der Waals surface area contributed by atoms with Gasteiger partial charge in [-0.05, 0) is 144 Å². The number of amides is 5. The number of imidazole rings is 1. The minimum Gasteiger partial charge on any atom is -0.379 e. The molecule has 5 aliphatic rings. The maximum absolute atomic E-state index is 12.2. The Labute approximate surface area is 787 Å². The smallest absolute Gasteiger partial charge is 0.234 e. The molecule has 15 aromatic rings. The first-order chi connectivity index (χ1) is 66.5. The fourth-order valence-electron chi connectivity index (χ4n) is 18.1. The lowest BCUT2D eigenvalue weighted by molar-refractivity contribution is -0.131. The van der Waals surface area contributed by atoms with Crippen LogP contribution in [0.25, 0.3) is 112 Å². The molecule has 5 atom stereocenters. The maximum Gasteiger partial charge on any atom is 0.234 e. The number of H-pyrrole nitrogens is 6. The zero-order valence-electron chi connectivity index (χ0n) is 76.1. The summed E-state index contributed by atoms with van der Waals surface area (Å²) >= 11 is 0. The van der Waals surface area contributed by atoms with Crippen LogP contribution in [0.3, 0.4) is 0 Å². The summed E-state index contributed by atoms with van der Waals surface area (Å²) in [5.74, 6) is 13.3. The minimum atomic E-state index is -0.000430. The van der Waals surface area contributed by atoms with Gasteiger partial charge < -0.3 is 85.5 Å². The Balaban J connectivity index is 0.000000123. The summed E-state index contributed by atoms with van der Waals surface area (Å²) in [6.07, 6.45) is 62.5. The van der Waals surface area contributed by atoms with Gasteiger partial charge in [-0.15, -0.1) is 32.1 Å². The van der Waals surface area contributed by atoms with E-state index in [0.717, 1.165) is 242 Å². The van der Waals surface area contributed by atoms with Crippen LogP contribution in [0.1, 0.15) is 113 Å². The van der Waals surface area contributed by atoms with Gasteiger partial charge in [0.15, 0.2) is 0 Å². The number of terminal acetylenes is 5. The number of aromatic nitrogens is 17. The Hall–Kier alpha value is -16.6. The van der Waals surface area contributed by atoms with Crippen molar-refractivity contribution < 1.29 is 28.5 Å². The molecule has 20 rings (SSSR count). The monoisotopic (exact) mass is 1820 g/mol. The summed E-state index contributed by atoms with van der Waals surface area (Å²) < 4.78 is 5.14. The third-order valence-electron chi connectivity index (χ3n) is 24.7. The molecule has 33 heteroatoms. The molecule has 0 aromatic carbocycles. The van der Waals surface area contributed by atoms with Crippen LogP contribution >= 0.6 is 0 Å². The molecule has 136 heavy (non-hydrogen) atoms. The summed E-state index contributed by atoms with van der Waals surface area (Å²) in [5, 5.41) is 27.3. The van der Waals surface area contributed by atoms with Gasteiger partial charge in [-0.25, -0.2) is 29.9 Å². The summed E-state index contributed by atoms with van der Waals surface area (Å²) in [7, 11) is 0. The van der Waals surface area contributed by atoms with E-state index in [1.54, 1.807) is 31.8 Å². The Kier molecular flexibility index (Phi) is 30.0. The van der Waals surface area contributed by atoms with Gasteiger partial charge in [0.2, 0.25) is 41.3 Å². The van der Waals surface area contributed by atoms with E-state index < -0.39 is 0 Å². The molecule has 0 radical (unpaired) electrons. The number of rotatable bonds is 20. The normalized spacial score (nSPS) is 16.9. The van der Waals surface area contributed by atoms with E-state index in [4.69, 9.17) is 36.6 Å². The van der Waals surface area contributed by atoms with Crippen molar-refractivity contribution in [2.75, 3.05) is 92.0 Å². The first kappa shape index (κ1) is 92.7. The second-order valence-electron chi connectivity index (χ2n) is 34.2. The van der Waals surface area contributed by atoms with Gasteiger partial charge in [-0.2, -0.15) is 4.98 Å². The molecule has 33 nitrogen and oxygen atoms in total. The largest absolute Gasteiger partial charge is 0.379 e. The van der Waals surface area contributed by atoms with Gasteiger partial charge in [-0.3, -0.25) is 38.9 Å². The molecule has 5 fully saturated rings. The molecule has 11 N–H and O–H groups in total. The molecule has 5 saturated heterocycles. The third kappa shape index (κ3) is 22.2. The van der Waals surface area contributed by atoms with Crippen LogP contribution in [-0.2, 0) is 24.0 Å². The number of hydrogen-bond donors (Lipinski definition) is 11. The van der Waals surface area contributed by atoms with E-state index in [0.29, 0.717) is 44.4 Å². The lowest BCUT2D eigenvalue weighted by atomic mass is 10.0. The number of hydrogen-bond acceptors (Lipinski definition) is 22. The highest BCUT2D eigenvalue weighted by Crippen LogP contribution is 2.40. The number of nitrogens with one attached hydrogen (secondary N) is 11. The second-order valence-corrected chi connectivity index (χ2v) is 34.2. The number of fused-ring (bicyclic) bond motifs is 5. The highest BCUT2D eigenvalue weighted by molar-refractivity contribution is 6.02. The van der Waals surface area contributed by atoms with Crippen LogP contribution in [0.5, 0.6) is 0 Å². The average molecular weight is 1820 g/mol.